The van der Waals surface area contributed by atoms with Crippen molar-refractivity contribution in [1.82, 2.24) is 49.3 Å². The van der Waals surface area contributed by atoms with Crippen molar-refractivity contribution in [1.29, 1.82) is 10.5 Å². The van der Waals surface area contributed by atoms with Gasteiger partial charge >= 0.3 is 12.0 Å². The highest BCUT2D eigenvalue weighted by molar-refractivity contribution is 5.92. The first-order valence-electron chi connectivity index (χ1n) is 30.1. The Labute approximate surface area is 492 Å². The lowest BCUT2D eigenvalue weighted by Crippen LogP contribution is -2.55. The summed E-state index contributed by atoms with van der Waals surface area (Å²) in [5.41, 5.74) is 9.90. The monoisotopic (exact) mass is 1130 g/mol. The molecule has 0 saturated carbocycles. The normalized spacial score (nSPS) is 22.8. The van der Waals surface area contributed by atoms with E-state index in [1.807, 2.05) is 0 Å². The van der Waals surface area contributed by atoms with Crippen LogP contribution in [-0.2, 0) is 48.6 Å². The lowest BCUT2D eigenvalue weighted by Gasteiger charge is -2.41. The number of anilines is 2. The third-order valence-electron chi connectivity index (χ3n) is 19.0. The Hall–Kier alpha value is -8.00. The maximum Gasteiger partial charge on any atom is 0.318 e. The van der Waals surface area contributed by atoms with Crippen LogP contribution in [0.3, 0.4) is 0 Å². The summed E-state index contributed by atoms with van der Waals surface area (Å²) in [6.07, 6.45) is 9.19. The lowest BCUT2D eigenvalue weighted by molar-refractivity contribution is -0.129. The van der Waals surface area contributed by atoms with Crippen molar-refractivity contribution in [2.45, 2.75) is 114 Å². The molecule has 8 aliphatic rings. The van der Waals surface area contributed by atoms with Crippen molar-refractivity contribution in [2.24, 2.45) is 0 Å². The van der Waals surface area contributed by atoms with E-state index in [2.05, 4.69) is 142 Å². The number of hydrogen-bond acceptors (Lipinski definition) is 16. The average Bonchev–Trinajstić information content (AvgIpc) is 3.03. The SMILES string of the molecule is C=CC(=O)N1CCN(c2nc(OC3CCN(C)CC3)nc3c2CN([C@@H]2Cc4cccc5cccc2c45)C3)C[C@@H]1CC#N.C=CC(=O)N1CCN(c2nc(OC3CCN(C)CC3)nc3c2CN([C@H]2Cc4cccc5cccc2c45)C3)C[C@@H]1CC#N. The summed E-state index contributed by atoms with van der Waals surface area (Å²) >= 11 is 0. The number of likely N-dealkylation sites (tertiary alicyclic amines) is 2. The van der Waals surface area contributed by atoms with E-state index in [1.165, 1.54) is 56.0 Å². The van der Waals surface area contributed by atoms with Crippen LogP contribution in [-0.4, -0.2) is 165 Å². The van der Waals surface area contributed by atoms with Crippen molar-refractivity contribution in [3.05, 3.63) is 143 Å². The van der Waals surface area contributed by atoms with Gasteiger partial charge in [0.05, 0.1) is 48.5 Å². The van der Waals surface area contributed by atoms with E-state index in [0.29, 0.717) is 51.3 Å². The summed E-state index contributed by atoms with van der Waals surface area (Å²) < 4.78 is 12.9. The maximum atomic E-state index is 12.6. The van der Waals surface area contributed by atoms with E-state index in [4.69, 9.17) is 29.4 Å². The summed E-state index contributed by atoms with van der Waals surface area (Å²) in [5, 5.41) is 24.5. The molecule has 18 nitrogen and oxygen atoms in total. The van der Waals surface area contributed by atoms with Crippen LogP contribution in [0.1, 0.15) is 95.4 Å². The lowest BCUT2D eigenvalue weighted by atomic mass is 10.0. The Morgan fingerprint density at radius 3 is 1.36 bits per heavy atom. The number of aromatic nitrogens is 4. The molecular weight excluding hydrogens is 1050 g/mol. The van der Waals surface area contributed by atoms with Gasteiger partial charge < -0.3 is 38.9 Å². The second kappa shape index (κ2) is 23.6. The van der Waals surface area contributed by atoms with E-state index in [1.54, 1.807) is 9.80 Å². The van der Waals surface area contributed by atoms with Gasteiger partial charge in [0.15, 0.2) is 0 Å². The van der Waals surface area contributed by atoms with Crippen LogP contribution in [0.5, 0.6) is 12.0 Å². The molecule has 0 unspecified atom stereocenters. The molecule has 4 atom stereocenters. The minimum atomic E-state index is -0.224. The molecule has 4 aromatic carbocycles. The summed E-state index contributed by atoms with van der Waals surface area (Å²) in [6, 6.07) is 32.1. The van der Waals surface area contributed by atoms with E-state index in [0.717, 1.165) is 125 Å². The molecule has 4 fully saturated rings. The van der Waals surface area contributed by atoms with Gasteiger partial charge in [0.25, 0.3) is 0 Å². The number of ether oxygens (including phenoxy) is 2. The molecule has 2 aromatic heterocycles. The molecule has 84 heavy (non-hydrogen) atoms. The zero-order valence-electron chi connectivity index (χ0n) is 48.4. The van der Waals surface area contributed by atoms with Gasteiger partial charge in [-0.3, -0.25) is 19.4 Å². The molecule has 8 heterocycles. The minimum Gasteiger partial charge on any atom is -0.460 e. The highest BCUT2D eigenvalue weighted by atomic mass is 16.5. The number of hydrogen-bond donors (Lipinski definition) is 0. The van der Waals surface area contributed by atoms with Gasteiger partial charge in [0.2, 0.25) is 11.8 Å². The fourth-order valence-corrected chi connectivity index (χ4v) is 14.6. The Bertz CT molecular complexity index is 3370. The van der Waals surface area contributed by atoms with Crippen LogP contribution in [0.25, 0.3) is 21.5 Å². The maximum absolute atomic E-state index is 12.6. The summed E-state index contributed by atoms with van der Waals surface area (Å²) in [4.78, 5) is 63.0. The molecule has 18 heteroatoms. The quantitative estimate of drug-likeness (QED) is 0.109. The molecule has 14 rings (SSSR count). The molecule has 6 aromatic rings. The Morgan fingerprint density at radius 2 is 0.964 bits per heavy atom. The number of carbonyl (C=O) groups is 2. The highest BCUT2D eigenvalue weighted by Crippen LogP contribution is 2.47. The molecule has 0 radical (unpaired) electrons. The molecule has 0 spiro atoms. The van der Waals surface area contributed by atoms with Gasteiger partial charge in [-0.15, -0.1) is 0 Å². The third kappa shape index (κ3) is 10.7. The zero-order chi connectivity index (χ0) is 57.6. The van der Waals surface area contributed by atoms with Gasteiger partial charge in [0, 0.05) is 115 Å². The molecule has 0 bridgehead atoms. The number of fused-ring (bicyclic) bond motifs is 2. The number of piperazine rings is 2. The second-order valence-electron chi connectivity index (χ2n) is 24.1. The van der Waals surface area contributed by atoms with E-state index < -0.39 is 0 Å². The Morgan fingerprint density at radius 1 is 0.560 bits per heavy atom. The summed E-state index contributed by atoms with van der Waals surface area (Å²) in [6.45, 7) is 17.7. The number of nitriles is 2. The molecule has 0 N–H and O–H groups in total. The number of benzene rings is 4. The smallest absolute Gasteiger partial charge is 0.318 e. The van der Waals surface area contributed by atoms with Crippen molar-refractivity contribution in [3.8, 4) is 24.2 Å². The number of carbonyl (C=O) groups excluding carboxylic acids is 2. The second-order valence-corrected chi connectivity index (χ2v) is 24.1. The van der Waals surface area contributed by atoms with Crippen LogP contribution < -0.4 is 19.3 Å². The van der Waals surface area contributed by atoms with Gasteiger partial charge in [-0.05, 0) is 109 Å². The van der Waals surface area contributed by atoms with Crippen LogP contribution in [0.2, 0.25) is 0 Å². The first-order valence-corrected chi connectivity index (χ1v) is 30.1. The van der Waals surface area contributed by atoms with Crippen LogP contribution in [0, 0.1) is 22.7 Å². The molecule has 432 valence electrons. The first kappa shape index (κ1) is 55.2. The Kier molecular flexibility index (Phi) is 15.5. The largest absolute Gasteiger partial charge is 0.460 e. The molecule has 2 aliphatic carbocycles. The Balaban J connectivity index is 0.000000157. The van der Waals surface area contributed by atoms with E-state index in [9.17, 15) is 20.1 Å². The van der Waals surface area contributed by atoms with Gasteiger partial charge in [0.1, 0.15) is 23.8 Å². The summed E-state index contributed by atoms with van der Waals surface area (Å²) in [7, 11) is 4.29. The van der Waals surface area contributed by atoms with Gasteiger partial charge in [-0.1, -0.05) is 86.0 Å². The topological polar surface area (TPSA) is 178 Å². The van der Waals surface area contributed by atoms with Crippen LogP contribution in [0.15, 0.2) is 98.1 Å². The number of nitrogens with zero attached hydrogens (tertiary/aromatic N) is 14. The highest BCUT2D eigenvalue weighted by Gasteiger charge is 2.41. The zero-order valence-corrected chi connectivity index (χ0v) is 48.4. The first-order chi connectivity index (χ1) is 41.0. The van der Waals surface area contributed by atoms with Crippen LogP contribution >= 0.6 is 0 Å². The predicted molar refractivity (Wildman–Crippen MR) is 322 cm³/mol. The van der Waals surface area contributed by atoms with Gasteiger partial charge in [-0.2, -0.15) is 30.5 Å². The molecular formula is C66H74N14O4. The fourth-order valence-electron chi connectivity index (χ4n) is 14.6. The van der Waals surface area contributed by atoms with Gasteiger partial charge in [-0.25, -0.2) is 0 Å². The standard InChI is InChI=1S/2C33H37N7O2/c2*1-3-30(41)40-17-16-38(19-24(40)10-13-34)32-27-20-39(29-18-23-8-4-6-22-7-5-9-26(29)31(22)23)21-28(27)35-33(36-32)42-25-11-14-37(2)15-12-25/h2*3-9,24-25,29H,1,10-12,14-21H2,2H3/t24-,29+;24-,29-/m00/s1. The number of piperidine rings is 2. The fraction of sp³-hybridized carbons (Fsp3) is 0.455. The van der Waals surface area contributed by atoms with Crippen molar-refractivity contribution >= 4 is 45.0 Å². The molecule has 6 aliphatic heterocycles. The number of rotatable bonds is 12. The van der Waals surface area contributed by atoms with Crippen molar-refractivity contribution < 1.29 is 19.1 Å². The predicted octanol–water partition coefficient (Wildman–Crippen LogP) is 7.67. The third-order valence-corrected chi connectivity index (χ3v) is 19.0. The minimum absolute atomic E-state index is 0.0972. The van der Waals surface area contributed by atoms with E-state index >= 15 is 0 Å². The average molecular weight is 1130 g/mol. The van der Waals surface area contributed by atoms with Crippen LogP contribution in [0.4, 0.5) is 11.6 Å². The van der Waals surface area contributed by atoms with Crippen molar-refractivity contribution in [2.75, 3.05) is 89.3 Å². The van der Waals surface area contributed by atoms with E-state index in [-0.39, 0.29) is 61.0 Å². The molecule has 4 saturated heterocycles. The summed E-state index contributed by atoms with van der Waals surface area (Å²) in [5.74, 6) is 1.51. The van der Waals surface area contributed by atoms with Crippen molar-refractivity contribution in [3.63, 3.8) is 0 Å². The number of amides is 2. The molecule has 2 amide bonds.